The van der Waals surface area contributed by atoms with Gasteiger partial charge in [-0.25, -0.2) is 0 Å². The van der Waals surface area contributed by atoms with E-state index in [0.717, 1.165) is 18.2 Å². The minimum absolute atomic E-state index is 0.210. The zero-order chi connectivity index (χ0) is 17.8. The van der Waals surface area contributed by atoms with Gasteiger partial charge in [-0.15, -0.1) is 0 Å². The summed E-state index contributed by atoms with van der Waals surface area (Å²) in [4.78, 5) is 17.3. The Morgan fingerprint density at radius 1 is 1.20 bits per heavy atom. The van der Waals surface area contributed by atoms with Crippen molar-refractivity contribution in [2.24, 2.45) is 5.92 Å². The number of rotatable bonds is 5. The Hall–Kier alpha value is -1.55. The zero-order valence-electron chi connectivity index (χ0n) is 15.9. The van der Waals surface area contributed by atoms with E-state index in [2.05, 4.69) is 35.9 Å². The maximum Gasteiger partial charge on any atom is 0.237 e. The third kappa shape index (κ3) is 4.17. The predicted molar refractivity (Wildman–Crippen MR) is 101 cm³/mol. The van der Waals surface area contributed by atoms with E-state index in [4.69, 9.17) is 4.74 Å². The molecular weight excluding hydrogens is 312 g/mol. The molecule has 1 amide bonds. The van der Waals surface area contributed by atoms with Crippen molar-refractivity contribution in [3.05, 3.63) is 29.8 Å². The third-order valence-corrected chi connectivity index (χ3v) is 6.21. The highest BCUT2D eigenvalue weighted by Crippen LogP contribution is 2.35. The van der Waals surface area contributed by atoms with Crippen molar-refractivity contribution >= 4 is 5.91 Å². The second-order valence-corrected chi connectivity index (χ2v) is 7.71. The van der Waals surface area contributed by atoms with Crippen LogP contribution in [0.5, 0.6) is 5.75 Å². The van der Waals surface area contributed by atoms with Gasteiger partial charge in [-0.1, -0.05) is 25.0 Å². The van der Waals surface area contributed by atoms with Gasteiger partial charge < -0.3 is 9.64 Å². The van der Waals surface area contributed by atoms with Crippen LogP contribution >= 0.6 is 0 Å². The van der Waals surface area contributed by atoms with Gasteiger partial charge in [0.2, 0.25) is 5.91 Å². The lowest BCUT2D eigenvalue weighted by atomic mass is 9.78. The molecule has 1 saturated carbocycles. The highest BCUT2D eigenvalue weighted by Gasteiger charge is 2.35. The molecule has 0 bridgehead atoms. The summed E-state index contributed by atoms with van der Waals surface area (Å²) >= 11 is 0. The molecule has 25 heavy (non-hydrogen) atoms. The maximum absolute atomic E-state index is 13.0. The lowest BCUT2D eigenvalue weighted by Crippen LogP contribution is -2.52. The van der Waals surface area contributed by atoms with Gasteiger partial charge in [0.25, 0.3) is 0 Å². The number of likely N-dealkylation sites (N-methyl/N-ethyl adjacent to an activating group) is 1. The molecule has 0 radical (unpaired) electrons. The van der Waals surface area contributed by atoms with Gasteiger partial charge in [0.1, 0.15) is 5.75 Å². The lowest BCUT2D eigenvalue weighted by Gasteiger charge is -2.44. The first-order valence-electron chi connectivity index (χ1n) is 9.74. The van der Waals surface area contributed by atoms with Crippen molar-refractivity contribution in [3.63, 3.8) is 0 Å². The number of carbonyl (C=O) groups is 1. The van der Waals surface area contributed by atoms with Gasteiger partial charge in [-0.2, -0.15) is 0 Å². The summed E-state index contributed by atoms with van der Waals surface area (Å²) in [6.07, 6.45) is 7.62. The van der Waals surface area contributed by atoms with E-state index in [1.54, 1.807) is 7.11 Å². The molecule has 138 valence electrons. The molecule has 3 unspecified atom stereocenters. The molecule has 1 aliphatic heterocycles. The van der Waals surface area contributed by atoms with Crippen molar-refractivity contribution in [2.45, 2.75) is 57.5 Å². The molecule has 0 spiro atoms. The number of hydrogen-bond donors (Lipinski definition) is 0. The summed E-state index contributed by atoms with van der Waals surface area (Å²) in [7, 11) is 3.73. The van der Waals surface area contributed by atoms with Crippen molar-refractivity contribution in [1.82, 2.24) is 9.80 Å². The van der Waals surface area contributed by atoms with E-state index < -0.39 is 0 Å². The number of likely N-dealkylation sites (tertiary alicyclic amines) is 1. The average Bonchev–Trinajstić information content (AvgIpc) is 2.66. The zero-order valence-corrected chi connectivity index (χ0v) is 15.9. The molecule has 1 aromatic carbocycles. The predicted octanol–water partition coefficient (Wildman–Crippen LogP) is 3.87. The van der Waals surface area contributed by atoms with Gasteiger partial charge >= 0.3 is 0 Å². The van der Waals surface area contributed by atoms with E-state index >= 15 is 0 Å². The van der Waals surface area contributed by atoms with Gasteiger partial charge in [0.15, 0.2) is 0 Å². The van der Waals surface area contributed by atoms with E-state index in [0.29, 0.717) is 18.5 Å². The van der Waals surface area contributed by atoms with Crippen LogP contribution in [-0.4, -0.2) is 49.0 Å². The molecule has 0 aromatic heterocycles. The first-order chi connectivity index (χ1) is 12.1. The first-order valence-corrected chi connectivity index (χ1v) is 9.74. The van der Waals surface area contributed by atoms with Crippen LogP contribution in [0.1, 0.15) is 57.1 Å². The Morgan fingerprint density at radius 3 is 2.60 bits per heavy atom. The summed E-state index contributed by atoms with van der Waals surface area (Å²) in [6, 6.07) is 8.85. The Morgan fingerprint density at radius 2 is 1.88 bits per heavy atom. The quantitative estimate of drug-likeness (QED) is 0.813. The summed E-state index contributed by atoms with van der Waals surface area (Å²) in [6.45, 7) is 3.61. The van der Waals surface area contributed by atoms with Crippen LogP contribution in [0.25, 0.3) is 0 Å². The molecule has 2 aliphatic rings. The topological polar surface area (TPSA) is 32.8 Å². The molecule has 3 atom stereocenters. The summed E-state index contributed by atoms with van der Waals surface area (Å²) in [5.74, 6) is 1.92. The van der Waals surface area contributed by atoms with Crippen LogP contribution < -0.4 is 4.74 Å². The minimum Gasteiger partial charge on any atom is -0.497 e. The average molecular weight is 344 g/mol. The van der Waals surface area contributed by atoms with Crippen molar-refractivity contribution < 1.29 is 9.53 Å². The first kappa shape index (κ1) is 18.2. The van der Waals surface area contributed by atoms with E-state index in [-0.39, 0.29) is 6.04 Å². The van der Waals surface area contributed by atoms with Crippen LogP contribution in [0.3, 0.4) is 0 Å². The molecule has 0 N–H and O–H groups in total. The molecule has 1 heterocycles. The highest BCUT2D eigenvalue weighted by molar-refractivity contribution is 5.78. The fraction of sp³-hybridized carbons (Fsp3) is 0.667. The van der Waals surface area contributed by atoms with E-state index in [1.165, 1.54) is 44.1 Å². The van der Waals surface area contributed by atoms with Crippen molar-refractivity contribution in [3.8, 4) is 5.75 Å². The van der Waals surface area contributed by atoms with Crippen LogP contribution in [0.2, 0.25) is 0 Å². The summed E-state index contributed by atoms with van der Waals surface area (Å²) < 4.78 is 5.23. The molecular formula is C21H32N2O2. The number of ether oxygens (including phenoxy) is 1. The Bertz CT molecular complexity index is 570. The smallest absolute Gasteiger partial charge is 0.237 e. The SMILES string of the molecule is COc1ccc(C(C)N(C)CC(=O)N2CCCC3CCCCC32)cc1. The molecule has 1 aliphatic carbocycles. The Labute approximate surface area is 152 Å². The van der Waals surface area contributed by atoms with Gasteiger partial charge in [0.05, 0.1) is 13.7 Å². The summed E-state index contributed by atoms with van der Waals surface area (Å²) in [5.41, 5.74) is 1.21. The highest BCUT2D eigenvalue weighted by atomic mass is 16.5. The van der Waals surface area contributed by atoms with Crippen LogP contribution in [0.4, 0.5) is 0 Å². The maximum atomic E-state index is 13.0. The summed E-state index contributed by atoms with van der Waals surface area (Å²) in [5, 5.41) is 0. The fourth-order valence-electron chi connectivity index (χ4n) is 4.51. The molecule has 4 nitrogen and oxygen atoms in total. The second-order valence-electron chi connectivity index (χ2n) is 7.71. The number of nitrogens with zero attached hydrogens (tertiary/aromatic N) is 2. The van der Waals surface area contributed by atoms with Crippen molar-refractivity contribution in [1.29, 1.82) is 0 Å². The Kier molecular flexibility index (Phi) is 6.00. The largest absolute Gasteiger partial charge is 0.497 e. The monoisotopic (exact) mass is 344 g/mol. The molecule has 1 aromatic rings. The van der Waals surface area contributed by atoms with E-state index in [1.807, 2.05) is 12.1 Å². The van der Waals surface area contributed by atoms with Crippen LogP contribution in [-0.2, 0) is 4.79 Å². The van der Waals surface area contributed by atoms with Crippen LogP contribution in [0, 0.1) is 5.92 Å². The fourth-order valence-corrected chi connectivity index (χ4v) is 4.51. The lowest BCUT2D eigenvalue weighted by molar-refractivity contribution is -0.138. The minimum atomic E-state index is 0.210. The standard InChI is InChI=1S/C21H32N2O2/c1-16(17-10-12-19(25-3)13-11-17)22(2)15-21(24)23-14-6-8-18-7-4-5-9-20(18)23/h10-13,16,18,20H,4-9,14-15H2,1-3H3. The number of carbonyl (C=O) groups excluding carboxylic acids is 1. The molecule has 3 rings (SSSR count). The van der Waals surface area contributed by atoms with Gasteiger partial charge in [-0.05, 0) is 63.3 Å². The number of amides is 1. The normalized spacial score (nSPS) is 24.7. The van der Waals surface area contributed by atoms with E-state index in [9.17, 15) is 4.79 Å². The Balaban J connectivity index is 1.60. The second kappa shape index (κ2) is 8.22. The third-order valence-electron chi connectivity index (χ3n) is 6.21. The van der Waals surface area contributed by atoms with Gasteiger partial charge in [0, 0.05) is 18.6 Å². The molecule has 4 heteroatoms. The number of hydrogen-bond acceptors (Lipinski definition) is 3. The van der Waals surface area contributed by atoms with Crippen molar-refractivity contribution in [2.75, 3.05) is 27.2 Å². The number of fused-ring (bicyclic) bond motifs is 1. The molecule has 1 saturated heterocycles. The van der Waals surface area contributed by atoms with Crippen LogP contribution in [0.15, 0.2) is 24.3 Å². The van der Waals surface area contributed by atoms with Gasteiger partial charge in [-0.3, -0.25) is 9.69 Å². The number of methoxy groups -OCH3 is 1. The number of piperidine rings is 1. The number of benzene rings is 1. The molecule has 2 fully saturated rings.